The molecule has 4 nitrogen and oxygen atoms in total. The lowest BCUT2D eigenvalue weighted by atomic mass is 10.1. The van der Waals surface area contributed by atoms with E-state index in [-0.39, 0.29) is 0 Å². The molecule has 2 N–H and O–H groups in total. The van der Waals surface area contributed by atoms with E-state index in [9.17, 15) is 0 Å². The minimum Gasteiger partial charge on any atom is -0.380 e. The highest BCUT2D eigenvalue weighted by Gasteiger charge is 2.11. The zero-order chi connectivity index (χ0) is 13.6. The van der Waals surface area contributed by atoms with Gasteiger partial charge in [0.15, 0.2) is 5.82 Å². The highest BCUT2D eigenvalue weighted by atomic mass is 15.0. The fourth-order valence-corrected chi connectivity index (χ4v) is 2.54. The largest absolute Gasteiger partial charge is 0.380 e. The van der Waals surface area contributed by atoms with Crippen LogP contribution in [0.5, 0.6) is 0 Å². The molecule has 0 amide bonds. The summed E-state index contributed by atoms with van der Waals surface area (Å²) in [6, 6.07) is 10.6. The molecule has 0 aliphatic carbocycles. The van der Waals surface area contributed by atoms with Crippen molar-refractivity contribution in [3.05, 3.63) is 42.7 Å². The van der Waals surface area contributed by atoms with Gasteiger partial charge in [0.2, 0.25) is 0 Å². The number of hydrogen-bond donors (Lipinski definition) is 2. The third-order valence-electron chi connectivity index (χ3n) is 3.63. The maximum atomic E-state index is 4.45. The normalized spacial score (nSPS) is 19.3. The average molecular weight is 268 g/mol. The fraction of sp³-hybridized carbons (Fsp3) is 0.375. The molecule has 20 heavy (non-hydrogen) atoms. The molecule has 3 rings (SSSR count). The number of benzene rings is 1. The van der Waals surface area contributed by atoms with Crippen LogP contribution in [0.15, 0.2) is 42.7 Å². The molecule has 2 aromatic rings. The highest BCUT2D eigenvalue weighted by molar-refractivity contribution is 5.55. The topological polar surface area (TPSA) is 49.8 Å². The first-order chi connectivity index (χ1) is 9.92. The minimum atomic E-state index is 0.524. The van der Waals surface area contributed by atoms with Gasteiger partial charge in [-0.15, -0.1) is 0 Å². The molecular formula is C16H20N4. The Morgan fingerprint density at radius 3 is 2.60 bits per heavy atom. The van der Waals surface area contributed by atoms with Gasteiger partial charge < -0.3 is 10.6 Å². The van der Waals surface area contributed by atoms with Crippen LogP contribution in [-0.2, 0) is 0 Å². The Bertz CT molecular complexity index is 516. The van der Waals surface area contributed by atoms with E-state index in [1.807, 2.05) is 42.7 Å². The van der Waals surface area contributed by atoms with E-state index >= 15 is 0 Å². The Kier molecular flexibility index (Phi) is 4.23. The van der Waals surface area contributed by atoms with E-state index in [0.29, 0.717) is 6.04 Å². The van der Waals surface area contributed by atoms with Gasteiger partial charge in [-0.25, -0.2) is 9.97 Å². The zero-order valence-electron chi connectivity index (χ0n) is 11.5. The number of rotatable bonds is 3. The Morgan fingerprint density at radius 2 is 1.80 bits per heavy atom. The second-order valence-corrected chi connectivity index (χ2v) is 5.18. The molecule has 104 valence electrons. The predicted molar refractivity (Wildman–Crippen MR) is 81.6 cm³/mol. The molecule has 1 aliphatic rings. The molecule has 1 saturated heterocycles. The van der Waals surface area contributed by atoms with Crippen molar-refractivity contribution in [2.45, 2.75) is 25.3 Å². The van der Waals surface area contributed by atoms with Gasteiger partial charge in [0.1, 0.15) is 0 Å². The van der Waals surface area contributed by atoms with Crippen molar-refractivity contribution in [1.82, 2.24) is 15.3 Å². The summed E-state index contributed by atoms with van der Waals surface area (Å²) in [6.07, 6.45) is 7.34. The Hall–Kier alpha value is -1.94. The average Bonchev–Trinajstić information content (AvgIpc) is 2.78. The number of nitrogens with one attached hydrogen (secondary N) is 2. The van der Waals surface area contributed by atoms with Crippen molar-refractivity contribution in [3.63, 3.8) is 0 Å². The van der Waals surface area contributed by atoms with Crippen LogP contribution in [0.2, 0.25) is 0 Å². The molecule has 2 heterocycles. The summed E-state index contributed by atoms with van der Waals surface area (Å²) in [6.45, 7) is 2.21. The van der Waals surface area contributed by atoms with E-state index in [1.54, 1.807) is 0 Å². The Labute approximate surface area is 119 Å². The van der Waals surface area contributed by atoms with Crippen LogP contribution in [0.25, 0.3) is 11.4 Å². The van der Waals surface area contributed by atoms with Crippen LogP contribution in [0.3, 0.4) is 0 Å². The summed E-state index contributed by atoms with van der Waals surface area (Å²) in [5.74, 6) is 0.777. The molecule has 1 fully saturated rings. The SMILES string of the molecule is c1ccc(-c2ncc(NC3CCCNCC3)cn2)cc1. The van der Waals surface area contributed by atoms with Crippen LogP contribution in [0.4, 0.5) is 5.69 Å². The van der Waals surface area contributed by atoms with Gasteiger partial charge in [0, 0.05) is 11.6 Å². The van der Waals surface area contributed by atoms with Crippen LogP contribution in [-0.4, -0.2) is 29.1 Å². The summed E-state index contributed by atoms with van der Waals surface area (Å²) in [5.41, 5.74) is 2.06. The summed E-state index contributed by atoms with van der Waals surface area (Å²) in [4.78, 5) is 8.90. The highest BCUT2D eigenvalue weighted by Crippen LogP contribution is 2.17. The molecule has 0 radical (unpaired) electrons. The van der Waals surface area contributed by atoms with Gasteiger partial charge in [-0.05, 0) is 32.4 Å². The van der Waals surface area contributed by atoms with Crippen molar-refractivity contribution < 1.29 is 0 Å². The lowest BCUT2D eigenvalue weighted by molar-refractivity contribution is 0.637. The fourth-order valence-electron chi connectivity index (χ4n) is 2.54. The van der Waals surface area contributed by atoms with Crippen LogP contribution in [0.1, 0.15) is 19.3 Å². The van der Waals surface area contributed by atoms with Gasteiger partial charge in [-0.2, -0.15) is 0 Å². The second-order valence-electron chi connectivity index (χ2n) is 5.18. The Morgan fingerprint density at radius 1 is 1.00 bits per heavy atom. The summed E-state index contributed by atoms with van der Waals surface area (Å²) in [7, 11) is 0. The third kappa shape index (κ3) is 3.33. The quantitative estimate of drug-likeness (QED) is 0.898. The molecule has 1 aromatic carbocycles. The standard InChI is InChI=1S/C16H20N4/c1-2-5-13(6-3-1)16-18-11-15(12-19-16)20-14-7-4-9-17-10-8-14/h1-3,5-6,11-12,14,17,20H,4,7-10H2. The van der Waals surface area contributed by atoms with Crippen molar-refractivity contribution in [1.29, 1.82) is 0 Å². The number of hydrogen-bond acceptors (Lipinski definition) is 4. The van der Waals surface area contributed by atoms with Gasteiger partial charge in [0.25, 0.3) is 0 Å². The van der Waals surface area contributed by atoms with Gasteiger partial charge in [0.05, 0.1) is 18.1 Å². The van der Waals surface area contributed by atoms with Crippen LogP contribution >= 0.6 is 0 Å². The Balaban J connectivity index is 1.67. The predicted octanol–water partition coefficient (Wildman–Crippen LogP) is 2.70. The molecule has 1 unspecified atom stereocenters. The summed E-state index contributed by atoms with van der Waals surface area (Å²) in [5, 5.41) is 6.96. The molecule has 4 heteroatoms. The minimum absolute atomic E-state index is 0.524. The first-order valence-electron chi connectivity index (χ1n) is 7.26. The van der Waals surface area contributed by atoms with Crippen molar-refractivity contribution >= 4 is 5.69 Å². The van der Waals surface area contributed by atoms with Gasteiger partial charge >= 0.3 is 0 Å². The molecule has 1 aromatic heterocycles. The molecule has 1 aliphatic heterocycles. The summed E-state index contributed by atoms with van der Waals surface area (Å²) >= 11 is 0. The van der Waals surface area contributed by atoms with Crippen molar-refractivity contribution in [2.24, 2.45) is 0 Å². The first-order valence-corrected chi connectivity index (χ1v) is 7.26. The van der Waals surface area contributed by atoms with Gasteiger partial charge in [-0.1, -0.05) is 30.3 Å². The zero-order valence-corrected chi connectivity index (χ0v) is 11.5. The van der Waals surface area contributed by atoms with Gasteiger partial charge in [-0.3, -0.25) is 0 Å². The van der Waals surface area contributed by atoms with E-state index in [0.717, 1.165) is 36.6 Å². The monoisotopic (exact) mass is 268 g/mol. The number of nitrogens with zero attached hydrogens (tertiary/aromatic N) is 2. The van der Waals surface area contributed by atoms with Crippen LogP contribution < -0.4 is 10.6 Å². The molecule has 0 spiro atoms. The van der Waals surface area contributed by atoms with E-state index in [4.69, 9.17) is 0 Å². The number of anilines is 1. The van der Waals surface area contributed by atoms with E-state index < -0.39 is 0 Å². The van der Waals surface area contributed by atoms with Crippen molar-refractivity contribution in [2.75, 3.05) is 18.4 Å². The smallest absolute Gasteiger partial charge is 0.159 e. The molecular weight excluding hydrogens is 248 g/mol. The van der Waals surface area contributed by atoms with E-state index in [2.05, 4.69) is 20.6 Å². The first kappa shape index (κ1) is 13.1. The molecule has 0 saturated carbocycles. The van der Waals surface area contributed by atoms with E-state index in [1.165, 1.54) is 12.8 Å². The van der Waals surface area contributed by atoms with Crippen LogP contribution in [0, 0.1) is 0 Å². The lowest BCUT2D eigenvalue weighted by Crippen LogP contribution is -2.21. The molecule has 1 atom stereocenters. The number of aromatic nitrogens is 2. The van der Waals surface area contributed by atoms with Crippen molar-refractivity contribution in [3.8, 4) is 11.4 Å². The second kappa shape index (κ2) is 6.48. The maximum absolute atomic E-state index is 4.45. The lowest BCUT2D eigenvalue weighted by Gasteiger charge is -2.16. The maximum Gasteiger partial charge on any atom is 0.159 e. The summed E-state index contributed by atoms with van der Waals surface area (Å²) < 4.78 is 0. The third-order valence-corrected chi connectivity index (χ3v) is 3.63. The molecule has 0 bridgehead atoms.